The van der Waals surface area contributed by atoms with E-state index in [1.54, 1.807) is 24.3 Å². The van der Waals surface area contributed by atoms with Crippen LogP contribution in [0.1, 0.15) is 54.8 Å². The zero-order chi connectivity index (χ0) is 11.8. The number of benzene rings is 1. The van der Waals surface area contributed by atoms with Crippen LogP contribution in [0.15, 0.2) is 24.3 Å². The predicted octanol–water partition coefficient (Wildman–Crippen LogP) is 3.51. The van der Waals surface area contributed by atoms with Crippen LogP contribution >= 0.6 is 0 Å². The normalized spacial score (nSPS) is 8.80. The fraction of sp³-hybridized carbons (Fsp3) is 0.385. The Morgan fingerprint density at radius 1 is 1.13 bits per heavy atom. The molecule has 0 saturated carbocycles. The molecule has 0 fully saturated rings. The van der Waals surface area contributed by atoms with Crippen molar-refractivity contribution in [3.05, 3.63) is 35.4 Å². The smallest absolute Gasteiger partial charge is 0.162 e. The lowest BCUT2D eigenvalue weighted by Crippen LogP contribution is -1.99. The minimum absolute atomic E-state index is 0.00856. The second kappa shape index (κ2) is 6.93. The number of ketones is 2. The van der Waals surface area contributed by atoms with Crippen molar-refractivity contribution in [3.63, 3.8) is 0 Å². The van der Waals surface area contributed by atoms with Gasteiger partial charge in [-0.2, -0.15) is 0 Å². The molecule has 2 heteroatoms. The molecule has 1 aromatic rings. The van der Waals surface area contributed by atoms with Gasteiger partial charge in [-0.05, 0) is 13.0 Å². The molecule has 0 bridgehead atoms. The third-order valence-electron chi connectivity index (χ3n) is 1.91. The van der Waals surface area contributed by atoms with Gasteiger partial charge in [-0.25, -0.2) is 0 Å². The first kappa shape index (κ1) is 13.6. The van der Waals surface area contributed by atoms with E-state index in [-0.39, 0.29) is 11.6 Å². The van der Waals surface area contributed by atoms with E-state index in [0.29, 0.717) is 17.5 Å². The van der Waals surface area contributed by atoms with Crippen molar-refractivity contribution in [2.45, 2.75) is 34.1 Å². The van der Waals surface area contributed by atoms with Gasteiger partial charge in [0.05, 0.1) is 0 Å². The van der Waals surface area contributed by atoms with Crippen LogP contribution in [0.4, 0.5) is 0 Å². The van der Waals surface area contributed by atoms with Crippen LogP contribution in [0.25, 0.3) is 0 Å². The van der Waals surface area contributed by atoms with Crippen molar-refractivity contribution >= 4 is 11.6 Å². The maximum absolute atomic E-state index is 11.3. The molecule has 2 nitrogen and oxygen atoms in total. The molecule has 82 valence electrons. The van der Waals surface area contributed by atoms with Crippen molar-refractivity contribution in [2.75, 3.05) is 0 Å². The second-order valence-corrected chi connectivity index (χ2v) is 2.91. The van der Waals surface area contributed by atoms with Crippen molar-refractivity contribution in [2.24, 2.45) is 0 Å². The monoisotopic (exact) mass is 206 g/mol. The molecule has 0 heterocycles. The first-order valence-electron chi connectivity index (χ1n) is 5.29. The van der Waals surface area contributed by atoms with Gasteiger partial charge in [-0.1, -0.05) is 39.0 Å². The fourth-order valence-corrected chi connectivity index (χ4v) is 1.12. The van der Waals surface area contributed by atoms with Gasteiger partial charge >= 0.3 is 0 Å². The summed E-state index contributed by atoms with van der Waals surface area (Å²) in [6, 6.07) is 6.83. The van der Waals surface area contributed by atoms with Gasteiger partial charge in [-0.15, -0.1) is 0 Å². The molecule has 0 radical (unpaired) electrons. The highest BCUT2D eigenvalue weighted by Gasteiger charge is 2.05. The van der Waals surface area contributed by atoms with E-state index < -0.39 is 0 Å². The standard InChI is InChI=1S/C11H12O2.C2H6/c1-3-11(13)10-6-4-5-9(7-10)8(2)12;1-2/h4-7H,3H2,1-2H3;1-2H3. The van der Waals surface area contributed by atoms with E-state index in [1.165, 1.54) is 6.92 Å². The van der Waals surface area contributed by atoms with Crippen LogP contribution in [-0.4, -0.2) is 11.6 Å². The van der Waals surface area contributed by atoms with Crippen LogP contribution in [0, 0.1) is 0 Å². The molecule has 0 N–H and O–H groups in total. The summed E-state index contributed by atoms with van der Waals surface area (Å²) >= 11 is 0. The molecule has 0 aromatic heterocycles. The molecular formula is C13H18O2. The number of carbonyl (C=O) groups excluding carboxylic acids is 2. The van der Waals surface area contributed by atoms with Crippen molar-refractivity contribution in [1.82, 2.24) is 0 Å². The average molecular weight is 206 g/mol. The van der Waals surface area contributed by atoms with E-state index in [1.807, 2.05) is 20.8 Å². The predicted molar refractivity (Wildman–Crippen MR) is 62.4 cm³/mol. The molecular weight excluding hydrogens is 188 g/mol. The summed E-state index contributed by atoms with van der Waals surface area (Å²) in [7, 11) is 0. The molecule has 0 saturated heterocycles. The number of hydrogen-bond donors (Lipinski definition) is 0. The summed E-state index contributed by atoms with van der Waals surface area (Å²) in [4.78, 5) is 22.3. The second-order valence-electron chi connectivity index (χ2n) is 2.91. The number of rotatable bonds is 3. The zero-order valence-corrected chi connectivity index (χ0v) is 9.83. The highest BCUT2D eigenvalue weighted by atomic mass is 16.1. The van der Waals surface area contributed by atoms with Crippen LogP contribution in [0.2, 0.25) is 0 Å². The molecule has 0 unspecified atom stereocenters. The highest BCUT2D eigenvalue weighted by molar-refractivity contribution is 6.00. The molecule has 0 atom stereocenters. The lowest BCUT2D eigenvalue weighted by Gasteiger charge is -1.99. The largest absolute Gasteiger partial charge is 0.295 e. The minimum Gasteiger partial charge on any atom is -0.295 e. The summed E-state index contributed by atoms with van der Waals surface area (Å²) in [5, 5.41) is 0. The maximum Gasteiger partial charge on any atom is 0.162 e. The molecule has 15 heavy (non-hydrogen) atoms. The number of hydrogen-bond acceptors (Lipinski definition) is 2. The van der Waals surface area contributed by atoms with Gasteiger partial charge in [0, 0.05) is 17.5 Å². The van der Waals surface area contributed by atoms with Gasteiger partial charge in [0.1, 0.15) is 0 Å². The summed E-state index contributed by atoms with van der Waals surface area (Å²) in [6.07, 6.45) is 0.474. The van der Waals surface area contributed by atoms with E-state index >= 15 is 0 Å². The molecule has 1 aromatic carbocycles. The molecule has 0 aliphatic heterocycles. The Hall–Kier alpha value is -1.44. The zero-order valence-electron chi connectivity index (χ0n) is 9.83. The van der Waals surface area contributed by atoms with Gasteiger partial charge in [0.2, 0.25) is 0 Å². The average Bonchev–Trinajstić information content (AvgIpc) is 2.30. The Balaban J connectivity index is 0.000000921. The third kappa shape index (κ3) is 4.07. The van der Waals surface area contributed by atoms with E-state index in [9.17, 15) is 9.59 Å². The summed E-state index contributed by atoms with van der Waals surface area (Å²) in [6.45, 7) is 7.30. The van der Waals surface area contributed by atoms with Crippen LogP contribution in [0.5, 0.6) is 0 Å². The first-order valence-corrected chi connectivity index (χ1v) is 5.29. The quantitative estimate of drug-likeness (QED) is 0.709. The number of Topliss-reactive ketones (excluding diaryl/α,β-unsaturated/α-hetero) is 2. The molecule has 0 aliphatic rings. The van der Waals surface area contributed by atoms with Crippen molar-refractivity contribution < 1.29 is 9.59 Å². The van der Waals surface area contributed by atoms with Gasteiger partial charge in [-0.3, -0.25) is 9.59 Å². The molecule has 0 aliphatic carbocycles. The SMILES string of the molecule is CC.CCC(=O)c1cccc(C(C)=O)c1. The Morgan fingerprint density at radius 2 is 1.67 bits per heavy atom. The fourth-order valence-electron chi connectivity index (χ4n) is 1.12. The highest BCUT2D eigenvalue weighted by Crippen LogP contribution is 2.08. The third-order valence-corrected chi connectivity index (χ3v) is 1.91. The molecule has 1 rings (SSSR count). The first-order chi connectivity index (χ1) is 7.15. The topological polar surface area (TPSA) is 34.1 Å². The van der Waals surface area contributed by atoms with Crippen molar-refractivity contribution in [3.8, 4) is 0 Å². The maximum atomic E-state index is 11.3. The summed E-state index contributed by atoms with van der Waals surface area (Å²) < 4.78 is 0. The van der Waals surface area contributed by atoms with Gasteiger partial charge in [0.15, 0.2) is 11.6 Å². The molecule has 0 spiro atoms. The van der Waals surface area contributed by atoms with Crippen LogP contribution in [0.3, 0.4) is 0 Å². The number of carbonyl (C=O) groups is 2. The Labute approximate surface area is 91.3 Å². The summed E-state index contributed by atoms with van der Waals surface area (Å²) in [5.41, 5.74) is 1.22. The Morgan fingerprint density at radius 3 is 2.13 bits per heavy atom. The van der Waals surface area contributed by atoms with Gasteiger partial charge in [0.25, 0.3) is 0 Å². The van der Waals surface area contributed by atoms with Crippen LogP contribution < -0.4 is 0 Å². The Bertz CT molecular complexity index is 340. The molecule has 0 amide bonds. The van der Waals surface area contributed by atoms with Crippen molar-refractivity contribution in [1.29, 1.82) is 0 Å². The Kier molecular flexibility index (Phi) is 6.27. The van der Waals surface area contributed by atoms with E-state index in [2.05, 4.69) is 0 Å². The van der Waals surface area contributed by atoms with E-state index in [4.69, 9.17) is 0 Å². The van der Waals surface area contributed by atoms with Gasteiger partial charge < -0.3 is 0 Å². The minimum atomic E-state index is -0.00856. The summed E-state index contributed by atoms with van der Waals surface area (Å²) in [5.74, 6) is 0.0638. The van der Waals surface area contributed by atoms with Crippen LogP contribution in [-0.2, 0) is 0 Å². The lowest BCUT2D eigenvalue weighted by molar-refractivity contribution is 0.0988. The van der Waals surface area contributed by atoms with E-state index in [0.717, 1.165) is 0 Å². The lowest BCUT2D eigenvalue weighted by atomic mass is 10.0.